The van der Waals surface area contributed by atoms with E-state index in [1.54, 1.807) is 29.9 Å². The Morgan fingerprint density at radius 3 is 2.42 bits per heavy atom. The summed E-state index contributed by atoms with van der Waals surface area (Å²) in [6.45, 7) is 3.87. The van der Waals surface area contributed by atoms with Crippen molar-refractivity contribution in [2.45, 2.75) is 13.8 Å². The van der Waals surface area contributed by atoms with E-state index in [0.29, 0.717) is 0 Å². The largest absolute Gasteiger partial charge is 0.365 e. The highest BCUT2D eigenvalue weighted by atomic mass is 32.1. The van der Waals surface area contributed by atoms with Crippen molar-refractivity contribution in [3.05, 3.63) is 34.6 Å². The second-order valence-electron chi connectivity index (χ2n) is 2.19. The average Bonchev–Trinajstić information content (AvgIpc) is 2.63. The van der Waals surface area contributed by atoms with Crippen LogP contribution in [0, 0.1) is 13.8 Å². The molecule has 0 radical (unpaired) electrons. The molecule has 12 heavy (non-hydrogen) atoms. The van der Waals surface area contributed by atoms with Gasteiger partial charge in [-0.3, -0.25) is 4.98 Å². The normalized spacial score (nSPS) is 8.83. The average molecular weight is 182 g/mol. The lowest BCUT2D eigenvalue weighted by Gasteiger charge is -1.65. The Kier molecular flexibility index (Phi) is 3.47. The number of hydrogen-bond donors (Lipinski definition) is 0. The molecule has 4 heteroatoms. The summed E-state index contributed by atoms with van der Waals surface area (Å²) in [6, 6.07) is 1.81. The number of hydrogen-bond acceptors (Lipinski definition) is 4. The van der Waals surface area contributed by atoms with Gasteiger partial charge in [0.1, 0.15) is 6.26 Å². The van der Waals surface area contributed by atoms with Gasteiger partial charge in [-0.05, 0) is 13.8 Å². The van der Waals surface area contributed by atoms with Gasteiger partial charge in [0.05, 0.1) is 10.7 Å². The van der Waals surface area contributed by atoms with Crippen molar-refractivity contribution in [2.75, 3.05) is 0 Å². The van der Waals surface area contributed by atoms with Gasteiger partial charge < -0.3 is 4.52 Å². The Balaban J connectivity index is 0.000000120. The van der Waals surface area contributed by atoms with Crippen molar-refractivity contribution >= 4 is 11.3 Å². The lowest BCUT2D eigenvalue weighted by molar-refractivity contribution is 0.415. The minimum Gasteiger partial charge on any atom is -0.365 e. The van der Waals surface area contributed by atoms with Crippen LogP contribution in [0.4, 0.5) is 0 Å². The third kappa shape index (κ3) is 3.30. The minimum absolute atomic E-state index is 0.926. The van der Waals surface area contributed by atoms with Crippen LogP contribution >= 0.6 is 11.3 Å². The Morgan fingerprint density at radius 1 is 1.42 bits per heavy atom. The second kappa shape index (κ2) is 4.66. The predicted octanol–water partition coefficient (Wildman–Crippen LogP) is 2.43. The summed E-state index contributed by atoms with van der Waals surface area (Å²) in [6.07, 6.45) is 3.36. The maximum atomic E-state index is 4.46. The molecule has 0 saturated carbocycles. The lowest BCUT2D eigenvalue weighted by atomic mass is 10.5. The SMILES string of the molecule is Cc1ccon1.Cc1nccs1. The predicted molar refractivity (Wildman–Crippen MR) is 48.1 cm³/mol. The molecule has 3 nitrogen and oxygen atoms in total. The van der Waals surface area contributed by atoms with E-state index in [0.717, 1.165) is 10.7 Å². The zero-order chi connectivity index (χ0) is 8.81. The zero-order valence-electron chi connectivity index (χ0n) is 7.02. The van der Waals surface area contributed by atoms with Crippen LogP contribution in [0.1, 0.15) is 10.7 Å². The molecule has 64 valence electrons. The van der Waals surface area contributed by atoms with Gasteiger partial charge in [-0.1, -0.05) is 5.16 Å². The summed E-state index contributed by atoms with van der Waals surface area (Å²) < 4.78 is 4.46. The maximum absolute atomic E-state index is 4.46. The Morgan fingerprint density at radius 2 is 2.25 bits per heavy atom. The highest BCUT2D eigenvalue weighted by molar-refractivity contribution is 7.09. The molecule has 0 spiro atoms. The number of rotatable bonds is 0. The molecule has 2 aromatic rings. The molecular formula is C8H10N2OS. The first-order valence-electron chi connectivity index (χ1n) is 3.52. The van der Waals surface area contributed by atoms with Gasteiger partial charge in [0.25, 0.3) is 0 Å². The Hall–Kier alpha value is -1.16. The number of thiazole rings is 1. The van der Waals surface area contributed by atoms with Crippen molar-refractivity contribution in [3.63, 3.8) is 0 Å². The first-order valence-corrected chi connectivity index (χ1v) is 4.40. The monoisotopic (exact) mass is 182 g/mol. The molecule has 0 amide bonds. The molecule has 0 aromatic carbocycles. The molecule has 0 aliphatic rings. The standard InChI is InChI=1S/C4H5NO.C4H5NS/c1-4-2-3-6-5-4;1-4-5-2-3-6-4/h2*2-3H,1H3. The molecule has 0 aliphatic carbocycles. The van der Waals surface area contributed by atoms with Gasteiger partial charge in [0, 0.05) is 17.6 Å². The van der Waals surface area contributed by atoms with E-state index in [1.165, 1.54) is 0 Å². The van der Waals surface area contributed by atoms with Crippen LogP contribution in [0.3, 0.4) is 0 Å². The first kappa shape index (κ1) is 8.93. The van der Waals surface area contributed by atoms with Crippen molar-refractivity contribution in [1.29, 1.82) is 0 Å². The van der Waals surface area contributed by atoms with Gasteiger partial charge in [-0.2, -0.15) is 0 Å². The molecule has 2 heterocycles. The van der Waals surface area contributed by atoms with E-state index in [-0.39, 0.29) is 0 Å². The molecule has 0 fully saturated rings. The molecule has 0 aliphatic heterocycles. The Labute approximate surface area is 75.0 Å². The molecule has 0 N–H and O–H groups in total. The second-order valence-corrected chi connectivity index (χ2v) is 3.29. The van der Waals surface area contributed by atoms with Crippen LogP contribution in [0.5, 0.6) is 0 Å². The van der Waals surface area contributed by atoms with Crippen molar-refractivity contribution < 1.29 is 4.52 Å². The summed E-state index contributed by atoms with van der Waals surface area (Å²) >= 11 is 1.67. The molecular weight excluding hydrogens is 172 g/mol. The smallest absolute Gasteiger partial charge is 0.124 e. The highest BCUT2D eigenvalue weighted by Gasteiger charge is 1.78. The van der Waals surface area contributed by atoms with E-state index >= 15 is 0 Å². The molecule has 0 unspecified atom stereocenters. The summed E-state index contributed by atoms with van der Waals surface area (Å²) in [5.74, 6) is 0. The molecule has 0 saturated heterocycles. The van der Waals surface area contributed by atoms with E-state index < -0.39 is 0 Å². The van der Waals surface area contributed by atoms with Gasteiger partial charge in [-0.25, -0.2) is 0 Å². The van der Waals surface area contributed by atoms with Crippen LogP contribution in [0.25, 0.3) is 0 Å². The van der Waals surface area contributed by atoms with Crippen LogP contribution < -0.4 is 0 Å². The van der Waals surface area contributed by atoms with Gasteiger partial charge in [0.2, 0.25) is 0 Å². The number of nitrogens with zero attached hydrogens (tertiary/aromatic N) is 2. The van der Waals surface area contributed by atoms with E-state index in [4.69, 9.17) is 0 Å². The highest BCUT2D eigenvalue weighted by Crippen LogP contribution is 1.98. The molecule has 2 aromatic heterocycles. The Bertz CT molecular complexity index is 256. The molecule has 2 rings (SSSR count). The maximum Gasteiger partial charge on any atom is 0.124 e. The fourth-order valence-electron chi connectivity index (χ4n) is 0.568. The molecule has 0 atom stereocenters. The fraction of sp³-hybridized carbons (Fsp3) is 0.250. The summed E-state index contributed by atoms with van der Waals surface area (Å²) in [7, 11) is 0. The summed E-state index contributed by atoms with van der Waals surface area (Å²) in [5, 5.41) is 6.64. The zero-order valence-corrected chi connectivity index (χ0v) is 7.84. The van der Waals surface area contributed by atoms with Gasteiger partial charge in [-0.15, -0.1) is 11.3 Å². The van der Waals surface area contributed by atoms with Crippen LogP contribution in [-0.2, 0) is 0 Å². The quantitative estimate of drug-likeness (QED) is 0.628. The van der Waals surface area contributed by atoms with Crippen LogP contribution in [-0.4, -0.2) is 10.1 Å². The van der Waals surface area contributed by atoms with Crippen LogP contribution in [0.15, 0.2) is 28.4 Å². The van der Waals surface area contributed by atoms with E-state index in [1.807, 2.05) is 19.2 Å². The van der Waals surface area contributed by atoms with E-state index in [2.05, 4.69) is 14.7 Å². The van der Waals surface area contributed by atoms with Crippen molar-refractivity contribution in [1.82, 2.24) is 10.1 Å². The summed E-state index contributed by atoms with van der Waals surface area (Å²) in [4.78, 5) is 3.94. The van der Waals surface area contributed by atoms with Crippen LogP contribution in [0.2, 0.25) is 0 Å². The number of aryl methyl sites for hydroxylation is 2. The topological polar surface area (TPSA) is 38.9 Å². The van der Waals surface area contributed by atoms with Crippen molar-refractivity contribution in [2.24, 2.45) is 0 Å². The number of aromatic nitrogens is 2. The minimum atomic E-state index is 0.926. The van der Waals surface area contributed by atoms with Gasteiger partial charge >= 0.3 is 0 Å². The third-order valence-electron chi connectivity index (χ3n) is 1.12. The fourth-order valence-corrected chi connectivity index (χ4v) is 1.01. The summed E-state index contributed by atoms with van der Waals surface area (Å²) in [5.41, 5.74) is 0.926. The third-order valence-corrected chi connectivity index (χ3v) is 1.83. The first-order chi connectivity index (χ1) is 5.79. The van der Waals surface area contributed by atoms with Gasteiger partial charge in [0.15, 0.2) is 0 Å². The molecule has 0 bridgehead atoms. The van der Waals surface area contributed by atoms with Crippen molar-refractivity contribution in [3.8, 4) is 0 Å². The van der Waals surface area contributed by atoms with E-state index in [9.17, 15) is 0 Å². The lowest BCUT2D eigenvalue weighted by Crippen LogP contribution is -1.59.